The molecule has 3 rings (SSSR count). The monoisotopic (exact) mass is 401 g/mol. The highest BCUT2D eigenvalue weighted by Gasteiger charge is 2.30. The van der Waals surface area contributed by atoms with Gasteiger partial charge in [-0.1, -0.05) is 32.0 Å². The van der Waals surface area contributed by atoms with Gasteiger partial charge in [0.1, 0.15) is 0 Å². The molecule has 0 fully saturated rings. The van der Waals surface area contributed by atoms with Gasteiger partial charge in [0.25, 0.3) is 0 Å². The maximum absolute atomic E-state index is 12.7. The van der Waals surface area contributed by atoms with Crippen molar-refractivity contribution >= 4 is 27.3 Å². The van der Waals surface area contributed by atoms with Crippen LogP contribution >= 0.6 is 0 Å². The number of amides is 1. The Bertz CT molecular complexity index is 938. The van der Waals surface area contributed by atoms with Crippen LogP contribution in [0.3, 0.4) is 0 Å². The fourth-order valence-electron chi connectivity index (χ4n) is 3.67. The summed E-state index contributed by atoms with van der Waals surface area (Å²) in [6, 6.07) is 14.7. The molecule has 0 spiro atoms. The van der Waals surface area contributed by atoms with E-state index in [2.05, 4.69) is 11.4 Å². The Hall–Kier alpha value is -2.38. The molecule has 0 bridgehead atoms. The van der Waals surface area contributed by atoms with E-state index < -0.39 is 10.0 Å². The Labute approximate surface area is 167 Å². The Kier molecular flexibility index (Phi) is 6.05. The average Bonchev–Trinajstić information content (AvgIpc) is 3.03. The van der Waals surface area contributed by atoms with Crippen LogP contribution in [-0.2, 0) is 21.2 Å². The van der Waals surface area contributed by atoms with E-state index in [9.17, 15) is 13.2 Å². The molecule has 0 unspecified atom stereocenters. The number of sulfonamides is 1. The summed E-state index contributed by atoms with van der Waals surface area (Å²) < 4.78 is 26.5. The number of fused-ring (bicyclic) bond motifs is 1. The Balaban J connectivity index is 1.66. The number of hydrogen-bond donors (Lipinski definition) is 1. The molecule has 0 saturated carbocycles. The number of hydrogen-bond acceptors (Lipinski definition) is 4. The normalized spacial score (nSPS) is 16.3. The lowest BCUT2D eigenvalue weighted by atomic mass is 10.1. The van der Waals surface area contributed by atoms with E-state index in [-0.39, 0.29) is 23.4 Å². The molecule has 1 N–H and O–H groups in total. The lowest BCUT2D eigenvalue weighted by Crippen LogP contribution is -2.39. The van der Waals surface area contributed by atoms with Crippen molar-refractivity contribution < 1.29 is 13.2 Å². The molecule has 1 aliphatic heterocycles. The topological polar surface area (TPSA) is 69.7 Å². The SMILES string of the molecule is CCN(CC)S(=O)(=O)c1ccc(NCC(=O)N2c3ccccc3C[C@H]2C)cc1. The van der Waals surface area contributed by atoms with Crippen molar-refractivity contribution in [3.63, 3.8) is 0 Å². The van der Waals surface area contributed by atoms with Crippen molar-refractivity contribution in [2.75, 3.05) is 29.9 Å². The predicted molar refractivity (Wildman–Crippen MR) is 112 cm³/mol. The molecule has 28 heavy (non-hydrogen) atoms. The number of nitrogens with one attached hydrogen (secondary N) is 1. The van der Waals surface area contributed by atoms with Gasteiger partial charge in [-0.2, -0.15) is 4.31 Å². The molecule has 0 radical (unpaired) electrons. The zero-order chi connectivity index (χ0) is 20.3. The molecule has 6 nitrogen and oxygen atoms in total. The van der Waals surface area contributed by atoms with Gasteiger partial charge in [0.15, 0.2) is 0 Å². The van der Waals surface area contributed by atoms with Gasteiger partial charge in [-0.3, -0.25) is 4.79 Å². The van der Waals surface area contributed by atoms with E-state index in [1.807, 2.05) is 43.9 Å². The summed E-state index contributed by atoms with van der Waals surface area (Å²) in [5.74, 6) is -0.00251. The summed E-state index contributed by atoms with van der Waals surface area (Å²) in [5, 5.41) is 3.11. The van der Waals surface area contributed by atoms with Crippen LogP contribution < -0.4 is 10.2 Å². The second-order valence-corrected chi connectivity index (χ2v) is 8.85. The molecule has 7 heteroatoms. The van der Waals surface area contributed by atoms with E-state index in [0.717, 1.165) is 12.1 Å². The maximum atomic E-state index is 12.7. The van der Waals surface area contributed by atoms with Crippen LogP contribution in [0.25, 0.3) is 0 Å². The third kappa shape index (κ3) is 3.91. The first-order valence-corrected chi connectivity index (χ1v) is 11.1. The molecule has 0 aliphatic carbocycles. The first kappa shape index (κ1) is 20.4. The van der Waals surface area contributed by atoms with Gasteiger partial charge in [-0.05, 0) is 49.2 Å². The Morgan fingerprint density at radius 3 is 2.39 bits per heavy atom. The fourth-order valence-corrected chi connectivity index (χ4v) is 5.12. The predicted octanol–water partition coefficient (Wildman–Crippen LogP) is 3.11. The van der Waals surface area contributed by atoms with Crippen LogP contribution in [0, 0.1) is 0 Å². The average molecular weight is 402 g/mol. The highest BCUT2D eigenvalue weighted by molar-refractivity contribution is 7.89. The van der Waals surface area contributed by atoms with Gasteiger partial charge in [-0.25, -0.2) is 8.42 Å². The van der Waals surface area contributed by atoms with Gasteiger partial charge in [0.2, 0.25) is 15.9 Å². The van der Waals surface area contributed by atoms with Crippen LogP contribution in [-0.4, -0.2) is 44.3 Å². The van der Waals surface area contributed by atoms with Crippen LogP contribution in [0.15, 0.2) is 53.4 Å². The molecule has 150 valence electrons. The highest BCUT2D eigenvalue weighted by atomic mass is 32.2. The molecule has 1 aliphatic rings. The molecule has 0 aromatic heterocycles. The third-order valence-electron chi connectivity index (χ3n) is 5.12. The molecule has 1 heterocycles. The van der Waals surface area contributed by atoms with E-state index in [0.29, 0.717) is 18.8 Å². The Morgan fingerprint density at radius 1 is 1.11 bits per heavy atom. The number of anilines is 2. The van der Waals surface area contributed by atoms with E-state index in [1.165, 1.54) is 9.87 Å². The largest absolute Gasteiger partial charge is 0.376 e. The van der Waals surface area contributed by atoms with Gasteiger partial charge in [0, 0.05) is 30.5 Å². The van der Waals surface area contributed by atoms with E-state index in [4.69, 9.17) is 0 Å². The summed E-state index contributed by atoms with van der Waals surface area (Å²) in [6.45, 7) is 6.71. The van der Waals surface area contributed by atoms with Crippen molar-refractivity contribution in [2.45, 2.75) is 38.1 Å². The lowest BCUT2D eigenvalue weighted by molar-refractivity contribution is -0.117. The van der Waals surface area contributed by atoms with Crippen molar-refractivity contribution in [2.24, 2.45) is 0 Å². The second-order valence-electron chi connectivity index (χ2n) is 6.91. The first-order valence-electron chi connectivity index (χ1n) is 9.62. The van der Waals surface area contributed by atoms with Crippen molar-refractivity contribution in [1.82, 2.24) is 4.31 Å². The second kappa shape index (κ2) is 8.32. The number of rotatable bonds is 7. The van der Waals surface area contributed by atoms with Crippen LogP contribution in [0.4, 0.5) is 11.4 Å². The molecule has 1 atom stereocenters. The maximum Gasteiger partial charge on any atom is 0.246 e. The fraction of sp³-hybridized carbons (Fsp3) is 0.381. The van der Waals surface area contributed by atoms with Gasteiger partial charge in [0.05, 0.1) is 11.4 Å². The first-order chi connectivity index (χ1) is 13.4. The quantitative estimate of drug-likeness (QED) is 0.774. The summed E-state index contributed by atoms with van der Waals surface area (Å²) in [5.41, 5.74) is 2.88. The third-order valence-corrected chi connectivity index (χ3v) is 7.18. The number of benzene rings is 2. The number of carbonyl (C=O) groups excluding carboxylic acids is 1. The highest BCUT2D eigenvalue weighted by Crippen LogP contribution is 2.31. The molecule has 0 saturated heterocycles. The summed E-state index contributed by atoms with van der Waals surface area (Å²) in [6.07, 6.45) is 0.861. The molecule has 1 amide bonds. The summed E-state index contributed by atoms with van der Waals surface area (Å²) in [4.78, 5) is 14.8. The van der Waals surface area contributed by atoms with Crippen LogP contribution in [0.5, 0.6) is 0 Å². The minimum atomic E-state index is -3.47. The molecular weight excluding hydrogens is 374 g/mol. The van der Waals surface area contributed by atoms with Crippen LogP contribution in [0.2, 0.25) is 0 Å². The number of para-hydroxylation sites is 1. The van der Waals surface area contributed by atoms with E-state index >= 15 is 0 Å². The van der Waals surface area contributed by atoms with Crippen molar-refractivity contribution in [1.29, 1.82) is 0 Å². The number of carbonyl (C=O) groups is 1. The zero-order valence-corrected chi connectivity index (χ0v) is 17.4. The molecule has 2 aromatic carbocycles. The Morgan fingerprint density at radius 2 is 1.75 bits per heavy atom. The lowest BCUT2D eigenvalue weighted by Gasteiger charge is -2.23. The van der Waals surface area contributed by atoms with E-state index in [1.54, 1.807) is 24.3 Å². The van der Waals surface area contributed by atoms with Crippen molar-refractivity contribution in [3.8, 4) is 0 Å². The zero-order valence-electron chi connectivity index (χ0n) is 16.6. The minimum Gasteiger partial charge on any atom is -0.376 e. The smallest absolute Gasteiger partial charge is 0.246 e. The molecule has 2 aromatic rings. The van der Waals surface area contributed by atoms with Gasteiger partial charge >= 0.3 is 0 Å². The van der Waals surface area contributed by atoms with Gasteiger partial charge in [-0.15, -0.1) is 0 Å². The van der Waals surface area contributed by atoms with Crippen LogP contribution in [0.1, 0.15) is 26.3 Å². The summed E-state index contributed by atoms with van der Waals surface area (Å²) >= 11 is 0. The summed E-state index contributed by atoms with van der Waals surface area (Å²) in [7, 11) is -3.47. The minimum absolute atomic E-state index is 0.00251. The van der Waals surface area contributed by atoms with Crippen molar-refractivity contribution in [3.05, 3.63) is 54.1 Å². The molecular formula is C21H27N3O3S. The van der Waals surface area contributed by atoms with Gasteiger partial charge < -0.3 is 10.2 Å². The standard InChI is InChI=1S/C21H27N3O3S/c1-4-23(5-2)28(26,27)19-12-10-18(11-13-19)22-15-21(25)24-16(3)14-17-8-6-7-9-20(17)24/h6-13,16,22H,4-5,14-15H2,1-3H3/t16-/m1/s1. The number of nitrogens with zero attached hydrogens (tertiary/aromatic N) is 2.